The Morgan fingerprint density at radius 3 is 2.67 bits per heavy atom. The highest BCUT2D eigenvalue weighted by atomic mass is 127. The lowest BCUT2D eigenvalue weighted by Crippen LogP contribution is -2.45. The van der Waals surface area contributed by atoms with Crippen LogP contribution in [-0.4, -0.2) is 24.5 Å². The summed E-state index contributed by atoms with van der Waals surface area (Å²) in [5.41, 5.74) is 0.683. The second-order valence-electron chi connectivity index (χ2n) is 5.40. The average molecular weight is 437 g/mol. The van der Waals surface area contributed by atoms with E-state index in [4.69, 9.17) is 9.47 Å². The number of esters is 1. The van der Waals surface area contributed by atoms with Crippen molar-refractivity contribution in [2.24, 2.45) is 0 Å². The second-order valence-corrected chi connectivity index (χ2v) is 6.64. The fraction of sp³-hybridized carbons (Fsp3) is 0.222. The van der Waals surface area contributed by atoms with Gasteiger partial charge in [0.25, 0.3) is 5.91 Å². The Bertz CT molecular complexity index is 760. The van der Waals surface area contributed by atoms with Gasteiger partial charge in [0.05, 0.1) is 12.1 Å². The van der Waals surface area contributed by atoms with E-state index in [0.717, 1.165) is 3.57 Å². The van der Waals surface area contributed by atoms with Crippen molar-refractivity contribution in [3.05, 3.63) is 52.1 Å². The van der Waals surface area contributed by atoms with E-state index in [9.17, 15) is 9.59 Å². The minimum absolute atomic E-state index is 0.110. The molecule has 0 spiro atoms. The molecule has 1 aliphatic rings. The number of anilines is 1. The average Bonchev–Trinajstić information content (AvgIpc) is 2.57. The van der Waals surface area contributed by atoms with Gasteiger partial charge >= 0.3 is 5.97 Å². The molecule has 0 saturated heterocycles. The second kappa shape index (κ2) is 7.21. The summed E-state index contributed by atoms with van der Waals surface area (Å²) >= 11 is 2.18. The molecule has 1 atom stereocenters. The highest BCUT2D eigenvalue weighted by molar-refractivity contribution is 14.1. The number of amides is 1. The van der Waals surface area contributed by atoms with Crippen LogP contribution in [0, 0.1) is 3.57 Å². The number of hydrogen-bond acceptors (Lipinski definition) is 4. The standard InChI is InChI=1S/C18H16INO4/c1-12-18(22)20(15-4-2-3-5-16(15)23-12)11-10-17(21)24-14-8-6-13(19)7-9-14/h2-9,12H,10-11H2,1H3. The van der Waals surface area contributed by atoms with Crippen LogP contribution in [0.15, 0.2) is 48.5 Å². The van der Waals surface area contributed by atoms with Crippen molar-refractivity contribution in [3.63, 3.8) is 0 Å². The number of carbonyl (C=O) groups is 2. The van der Waals surface area contributed by atoms with Crippen LogP contribution in [0.5, 0.6) is 11.5 Å². The third-order valence-corrected chi connectivity index (χ3v) is 4.38. The largest absolute Gasteiger partial charge is 0.479 e. The molecule has 2 aromatic carbocycles. The molecule has 0 N–H and O–H groups in total. The van der Waals surface area contributed by atoms with E-state index in [0.29, 0.717) is 17.2 Å². The first kappa shape index (κ1) is 16.8. The number of fused-ring (bicyclic) bond motifs is 1. The highest BCUT2D eigenvalue weighted by Gasteiger charge is 2.31. The van der Waals surface area contributed by atoms with Crippen molar-refractivity contribution in [1.82, 2.24) is 0 Å². The fourth-order valence-electron chi connectivity index (χ4n) is 2.48. The van der Waals surface area contributed by atoms with Crippen LogP contribution in [-0.2, 0) is 9.59 Å². The van der Waals surface area contributed by atoms with Crippen LogP contribution in [0.1, 0.15) is 13.3 Å². The fourth-order valence-corrected chi connectivity index (χ4v) is 2.84. The summed E-state index contributed by atoms with van der Waals surface area (Å²) in [6.45, 7) is 1.96. The summed E-state index contributed by atoms with van der Waals surface area (Å²) in [4.78, 5) is 26.0. The maximum atomic E-state index is 12.3. The van der Waals surface area contributed by atoms with Crippen molar-refractivity contribution >= 4 is 40.2 Å². The SMILES string of the molecule is CC1Oc2ccccc2N(CCC(=O)Oc2ccc(I)cc2)C1=O. The normalized spacial score (nSPS) is 16.3. The molecule has 3 rings (SSSR count). The molecule has 1 unspecified atom stereocenters. The van der Waals surface area contributed by atoms with Gasteiger partial charge in [-0.05, 0) is 65.9 Å². The molecule has 1 heterocycles. The molecule has 2 aromatic rings. The monoisotopic (exact) mass is 437 g/mol. The van der Waals surface area contributed by atoms with Gasteiger partial charge in [-0.1, -0.05) is 12.1 Å². The zero-order valence-corrected chi connectivity index (χ0v) is 15.2. The molecule has 6 heteroatoms. The number of benzene rings is 2. The van der Waals surface area contributed by atoms with E-state index in [1.54, 1.807) is 24.0 Å². The van der Waals surface area contributed by atoms with Gasteiger partial charge in [-0.15, -0.1) is 0 Å². The van der Waals surface area contributed by atoms with E-state index in [2.05, 4.69) is 22.6 Å². The first-order chi connectivity index (χ1) is 11.5. The van der Waals surface area contributed by atoms with Crippen molar-refractivity contribution in [1.29, 1.82) is 0 Å². The van der Waals surface area contributed by atoms with Gasteiger partial charge in [-0.2, -0.15) is 0 Å². The van der Waals surface area contributed by atoms with E-state index in [1.165, 1.54) is 0 Å². The summed E-state index contributed by atoms with van der Waals surface area (Å²) in [6.07, 6.45) is -0.453. The van der Waals surface area contributed by atoms with E-state index >= 15 is 0 Å². The first-order valence-corrected chi connectivity index (χ1v) is 8.66. The van der Waals surface area contributed by atoms with E-state index < -0.39 is 6.10 Å². The number of ether oxygens (including phenoxy) is 2. The minimum atomic E-state index is -0.563. The Labute approximate surface area is 153 Å². The first-order valence-electron chi connectivity index (χ1n) is 7.58. The molecule has 24 heavy (non-hydrogen) atoms. The highest BCUT2D eigenvalue weighted by Crippen LogP contribution is 2.33. The van der Waals surface area contributed by atoms with Crippen molar-refractivity contribution in [2.45, 2.75) is 19.4 Å². The predicted octanol–water partition coefficient (Wildman–Crippen LogP) is 3.40. The Balaban J connectivity index is 1.66. The zero-order valence-electron chi connectivity index (χ0n) is 13.1. The molecule has 0 radical (unpaired) electrons. The van der Waals surface area contributed by atoms with E-state index in [1.807, 2.05) is 36.4 Å². The molecule has 1 amide bonds. The molecule has 1 aliphatic heterocycles. The molecule has 0 aliphatic carbocycles. The van der Waals surface area contributed by atoms with Gasteiger partial charge < -0.3 is 14.4 Å². The topological polar surface area (TPSA) is 55.8 Å². The van der Waals surface area contributed by atoms with Gasteiger partial charge in [0.15, 0.2) is 6.10 Å². The lowest BCUT2D eigenvalue weighted by molar-refractivity contribution is -0.134. The minimum Gasteiger partial charge on any atom is -0.479 e. The van der Waals surface area contributed by atoms with Gasteiger partial charge in [-0.3, -0.25) is 9.59 Å². The van der Waals surface area contributed by atoms with E-state index in [-0.39, 0.29) is 24.8 Å². The van der Waals surface area contributed by atoms with Crippen LogP contribution in [0.4, 0.5) is 5.69 Å². The third-order valence-electron chi connectivity index (χ3n) is 3.66. The molecule has 0 saturated carbocycles. The van der Waals surface area contributed by atoms with Crippen LogP contribution < -0.4 is 14.4 Å². The zero-order chi connectivity index (χ0) is 17.1. The smallest absolute Gasteiger partial charge is 0.312 e. The summed E-state index contributed by atoms with van der Waals surface area (Å²) in [6, 6.07) is 14.5. The number of rotatable bonds is 4. The van der Waals surface area contributed by atoms with Crippen molar-refractivity contribution in [2.75, 3.05) is 11.4 Å². The van der Waals surface area contributed by atoms with Gasteiger partial charge in [0.1, 0.15) is 11.5 Å². The van der Waals surface area contributed by atoms with Gasteiger partial charge in [0, 0.05) is 10.1 Å². The van der Waals surface area contributed by atoms with Gasteiger partial charge in [0.2, 0.25) is 0 Å². The van der Waals surface area contributed by atoms with Crippen LogP contribution in [0.3, 0.4) is 0 Å². The van der Waals surface area contributed by atoms with Crippen molar-refractivity contribution in [3.8, 4) is 11.5 Å². The number of nitrogens with zero attached hydrogens (tertiary/aromatic N) is 1. The molecule has 0 bridgehead atoms. The number of carbonyl (C=O) groups excluding carboxylic acids is 2. The Hall–Kier alpha value is -2.09. The Morgan fingerprint density at radius 2 is 1.92 bits per heavy atom. The quantitative estimate of drug-likeness (QED) is 0.418. The molecule has 124 valence electrons. The summed E-state index contributed by atoms with van der Waals surface area (Å²) in [5.74, 6) is 0.620. The van der Waals surface area contributed by atoms with Crippen LogP contribution in [0.2, 0.25) is 0 Å². The lowest BCUT2D eigenvalue weighted by Gasteiger charge is -2.32. The summed E-state index contributed by atoms with van der Waals surface area (Å²) < 4.78 is 11.9. The number of halogens is 1. The lowest BCUT2D eigenvalue weighted by atomic mass is 10.2. The maximum Gasteiger partial charge on any atom is 0.312 e. The molecular formula is C18H16INO4. The molecular weight excluding hydrogens is 421 g/mol. The predicted molar refractivity (Wildman–Crippen MR) is 98.3 cm³/mol. The maximum absolute atomic E-state index is 12.3. The molecule has 5 nitrogen and oxygen atoms in total. The third kappa shape index (κ3) is 3.69. The molecule has 0 aromatic heterocycles. The van der Waals surface area contributed by atoms with Crippen LogP contribution >= 0.6 is 22.6 Å². The summed E-state index contributed by atoms with van der Waals surface area (Å²) in [7, 11) is 0. The Morgan fingerprint density at radius 1 is 1.21 bits per heavy atom. The summed E-state index contributed by atoms with van der Waals surface area (Å²) in [5, 5.41) is 0. The van der Waals surface area contributed by atoms with Crippen LogP contribution in [0.25, 0.3) is 0 Å². The number of para-hydroxylation sites is 2. The number of hydrogen-bond donors (Lipinski definition) is 0. The van der Waals surface area contributed by atoms with Gasteiger partial charge in [-0.25, -0.2) is 0 Å². The Kier molecular flexibility index (Phi) is 5.03. The molecule has 0 fully saturated rings. The van der Waals surface area contributed by atoms with Crippen molar-refractivity contribution < 1.29 is 19.1 Å².